The molecule has 0 saturated heterocycles. The molecule has 1 aromatic heterocycles. The minimum atomic E-state index is -0.766. The Balaban J connectivity index is 1.84. The lowest BCUT2D eigenvalue weighted by molar-refractivity contribution is -0.137. The highest BCUT2D eigenvalue weighted by Gasteiger charge is 2.14. The van der Waals surface area contributed by atoms with Crippen LogP contribution in [0.25, 0.3) is 5.69 Å². The Bertz CT molecular complexity index is 743. The summed E-state index contributed by atoms with van der Waals surface area (Å²) in [6.45, 7) is 2.42. The van der Waals surface area contributed by atoms with Crippen molar-refractivity contribution >= 4 is 23.5 Å². The Morgan fingerprint density at radius 2 is 1.92 bits per heavy atom. The van der Waals surface area contributed by atoms with E-state index in [0.717, 1.165) is 30.6 Å². The fraction of sp³-hybridized carbons (Fsp3) is 0.389. The summed E-state index contributed by atoms with van der Waals surface area (Å²) in [6.07, 6.45) is 3.43. The smallest absolute Gasteiger partial charge is 0.303 e. The fourth-order valence-electron chi connectivity index (χ4n) is 2.50. The first-order chi connectivity index (χ1) is 12.0. The molecule has 2 N–H and O–H groups in total. The molecule has 134 valence electrons. The number of rotatable bonds is 9. The summed E-state index contributed by atoms with van der Waals surface area (Å²) < 4.78 is 1.66. The molecular formula is C18H22ClN3O3. The van der Waals surface area contributed by atoms with Gasteiger partial charge >= 0.3 is 5.97 Å². The predicted molar refractivity (Wildman–Crippen MR) is 96.4 cm³/mol. The molecule has 25 heavy (non-hydrogen) atoms. The van der Waals surface area contributed by atoms with Gasteiger partial charge in [-0.3, -0.25) is 9.59 Å². The Hall–Kier alpha value is -2.34. The zero-order chi connectivity index (χ0) is 18.2. The number of amides is 1. The van der Waals surface area contributed by atoms with Crippen LogP contribution in [0.5, 0.6) is 0 Å². The van der Waals surface area contributed by atoms with Crippen molar-refractivity contribution in [3.8, 4) is 5.69 Å². The largest absolute Gasteiger partial charge is 0.481 e. The summed E-state index contributed by atoms with van der Waals surface area (Å²) in [5.41, 5.74) is 1.91. The Morgan fingerprint density at radius 1 is 1.20 bits per heavy atom. The SMILES string of the molecule is Cc1cc(C(=O)NCCCCCCC(=O)O)nn1-c1ccccc1Cl. The molecule has 0 unspecified atom stereocenters. The van der Waals surface area contributed by atoms with Gasteiger partial charge in [0.25, 0.3) is 5.91 Å². The Kier molecular flexibility index (Phi) is 7.01. The van der Waals surface area contributed by atoms with E-state index in [0.29, 0.717) is 23.7 Å². The molecule has 1 aromatic carbocycles. The number of carboxylic acid groups (broad SMARTS) is 1. The zero-order valence-corrected chi connectivity index (χ0v) is 14.9. The maximum absolute atomic E-state index is 12.2. The van der Waals surface area contributed by atoms with E-state index in [1.165, 1.54) is 0 Å². The number of unbranched alkanes of at least 4 members (excludes halogenated alkanes) is 3. The summed E-state index contributed by atoms with van der Waals surface area (Å²) in [7, 11) is 0. The lowest BCUT2D eigenvalue weighted by atomic mass is 10.1. The molecule has 0 radical (unpaired) electrons. The molecule has 0 fully saturated rings. The lowest BCUT2D eigenvalue weighted by Crippen LogP contribution is -2.25. The molecule has 2 aromatic rings. The van der Waals surface area contributed by atoms with Gasteiger partial charge < -0.3 is 10.4 Å². The highest BCUT2D eigenvalue weighted by atomic mass is 35.5. The van der Waals surface area contributed by atoms with Crippen LogP contribution in [-0.4, -0.2) is 33.3 Å². The molecular weight excluding hydrogens is 342 g/mol. The average Bonchev–Trinajstić information content (AvgIpc) is 2.96. The number of aryl methyl sites for hydroxylation is 1. The monoisotopic (exact) mass is 363 g/mol. The van der Waals surface area contributed by atoms with E-state index in [4.69, 9.17) is 16.7 Å². The number of nitrogens with zero attached hydrogens (tertiary/aromatic N) is 2. The first kappa shape index (κ1) is 19.0. The number of benzene rings is 1. The number of carboxylic acids is 1. The average molecular weight is 364 g/mol. The number of carbonyl (C=O) groups is 2. The van der Waals surface area contributed by atoms with Gasteiger partial charge in [-0.25, -0.2) is 4.68 Å². The number of aromatic nitrogens is 2. The van der Waals surface area contributed by atoms with Crippen LogP contribution >= 0.6 is 11.6 Å². The maximum Gasteiger partial charge on any atom is 0.303 e. The summed E-state index contributed by atoms with van der Waals surface area (Å²) >= 11 is 6.19. The molecule has 1 amide bonds. The second-order valence-electron chi connectivity index (χ2n) is 5.85. The van der Waals surface area contributed by atoms with E-state index < -0.39 is 5.97 Å². The van der Waals surface area contributed by atoms with Crippen molar-refractivity contribution in [2.45, 2.75) is 39.0 Å². The van der Waals surface area contributed by atoms with Crippen molar-refractivity contribution < 1.29 is 14.7 Å². The van der Waals surface area contributed by atoms with Crippen LogP contribution in [0.3, 0.4) is 0 Å². The van der Waals surface area contributed by atoms with Gasteiger partial charge in [0.05, 0.1) is 10.7 Å². The molecule has 0 aliphatic rings. The molecule has 7 heteroatoms. The van der Waals surface area contributed by atoms with Gasteiger partial charge in [0.15, 0.2) is 5.69 Å². The minimum absolute atomic E-state index is 0.200. The summed E-state index contributed by atoms with van der Waals surface area (Å²) in [5.74, 6) is -0.989. The number of halogens is 1. The van der Waals surface area contributed by atoms with E-state index in [1.54, 1.807) is 16.8 Å². The van der Waals surface area contributed by atoms with Crippen LogP contribution in [-0.2, 0) is 4.79 Å². The fourth-order valence-corrected chi connectivity index (χ4v) is 2.72. The third-order valence-electron chi connectivity index (χ3n) is 3.80. The van der Waals surface area contributed by atoms with Crippen LogP contribution in [0.2, 0.25) is 5.02 Å². The number of nitrogens with one attached hydrogen (secondary N) is 1. The van der Waals surface area contributed by atoms with Gasteiger partial charge in [0.2, 0.25) is 0 Å². The van der Waals surface area contributed by atoms with Crippen molar-refractivity contribution in [3.05, 3.63) is 46.7 Å². The van der Waals surface area contributed by atoms with Gasteiger partial charge in [0, 0.05) is 18.7 Å². The molecule has 0 aliphatic carbocycles. The highest BCUT2D eigenvalue weighted by molar-refractivity contribution is 6.32. The predicted octanol–water partition coefficient (Wildman–Crippen LogP) is 3.60. The topological polar surface area (TPSA) is 84.2 Å². The van der Waals surface area contributed by atoms with Gasteiger partial charge in [-0.2, -0.15) is 5.10 Å². The summed E-state index contributed by atoms with van der Waals surface area (Å²) in [4.78, 5) is 22.6. The van der Waals surface area contributed by atoms with Crippen molar-refractivity contribution in [1.82, 2.24) is 15.1 Å². The van der Waals surface area contributed by atoms with Crippen LogP contribution in [0, 0.1) is 6.92 Å². The second kappa shape index (κ2) is 9.22. The summed E-state index contributed by atoms with van der Waals surface area (Å²) in [5, 5.41) is 16.3. The first-order valence-electron chi connectivity index (χ1n) is 8.30. The van der Waals surface area contributed by atoms with Crippen molar-refractivity contribution in [1.29, 1.82) is 0 Å². The number of para-hydroxylation sites is 1. The number of carbonyl (C=O) groups excluding carboxylic acids is 1. The molecule has 6 nitrogen and oxygen atoms in total. The summed E-state index contributed by atoms with van der Waals surface area (Å²) in [6, 6.07) is 9.07. The van der Waals surface area contributed by atoms with Gasteiger partial charge in [-0.15, -0.1) is 0 Å². The van der Waals surface area contributed by atoms with Gasteiger partial charge in [-0.1, -0.05) is 36.6 Å². The van der Waals surface area contributed by atoms with E-state index in [-0.39, 0.29) is 12.3 Å². The Morgan fingerprint density at radius 3 is 2.64 bits per heavy atom. The maximum atomic E-state index is 12.2. The number of aliphatic carboxylic acids is 1. The molecule has 0 spiro atoms. The molecule has 0 saturated carbocycles. The molecule has 2 rings (SSSR count). The third kappa shape index (κ3) is 5.60. The van der Waals surface area contributed by atoms with Crippen LogP contribution < -0.4 is 5.32 Å². The van der Waals surface area contributed by atoms with Crippen molar-refractivity contribution in [2.24, 2.45) is 0 Å². The first-order valence-corrected chi connectivity index (χ1v) is 8.68. The number of hydrogen-bond acceptors (Lipinski definition) is 3. The quantitative estimate of drug-likeness (QED) is 0.667. The number of hydrogen-bond donors (Lipinski definition) is 2. The molecule has 0 aliphatic heterocycles. The normalized spacial score (nSPS) is 10.6. The van der Waals surface area contributed by atoms with E-state index in [2.05, 4.69) is 10.4 Å². The third-order valence-corrected chi connectivity index (χ3v) is 4.12. The van der Waals surface area contributed by atoms with Gasteiger partial charge in [0.1, 0.15) is 0 Å². The molecule has 1 heterocycles. The molecule has 0 bridgehead atoms. The van der Waals surface area contributed by atoms with Crippen molar-refractivity contribution in [2.75, 3.05) is 6.54 Å². The molecule has 0 atom stereocenters. The van der Waals surface area contributed by atoms with Crippen LogP contribution in [0.4, 0.5) is 0 Å². The van der Waals surface area contributed by atoms with Crippen LogP contribution in [0.1, 0.15) is 48.3 Å². The standard InChI is InChI=1S/C18H22ClN3O3/c1-13-12-15(21-22(13)16-9-6-5-8-14(16)19)18(25)20-11-7-3-2-4-10-17(23)24/h5-6,8-9,12H,2-4,7,10-11H2,1H3,(H,20,25)(H,23,24). The van der Waals surface area contributed by atoms with E-state index >= 15 is 0 Å². The second-order valence-corrected chi connectivity index (χ2v) is 6.26. The van der Waals surface area contributed by atoms with Crippen LogP contribution in [0.15, 0.2) is 30.3 Å². The zero-order valence-electron chi connectivity index (χ0n) is 14.2. The van der Waals surface area contributed by atoms with E-state index in [1.807, 2.05) is 25.1 Å². The Labute approximate surface area is 151 Å². The van der Waals surface area contributed by atoms with Gasteiger partial charge in [-0.05, 0) is 38.0 Å². The minimum Gasteiger partial charge on any atom is -0.481 e. The van der Waals surface area contributed by atoms with Crippen molar-refractivity contribution in [3.63, 3.8) is 0 Å². The van der Waals surface area contributed by atoms with E-state index in [9.17, 15) is 9.59 Å². The lowest BCUT2D eigenvalue weighted by Gasteiger charge is -2.06. The highest BCUT2D eigenvalue weighted by Crippen LogP contribution is 2.21.